The van der Waals surface area contributed by atoms with Crippen molar-refractivity contribution in [2.24, 2.45) is 0 Å². The molecule has 1 N–H and O–H groups in total. The molecule has 0 unspecified atom stereocenters. The summed E-state index contributed by atoms with van der Waals surface area (Å²) in [5.41, 5.74) is 2.89. The van der Waals surface area contributed by atoms with Gasteiger partial charge in [0.05, 0.1) is 17.6 Å². The first-order valence-corrected chi connectivity index (χ1v) is 9.41. The first-order valence-electron chi connectivity index (χ1n) is 6.69. The molecule has 0 bridgehead atoms. The van der Waals surface area contributed by atoms with Crippen molar-refractivity contribution >= 4 is 38.1 Å². The van der Waals surface area contributed by atoms with Crippen molar-refractivity contribution in [1.29, 1.82) is 0 Å². The second kappa shape index (κ2) is 5.36. The van der Waals surface area contributed by atoms with Crippen LogP contribution in [0.15, 0.2) is 23.6 Å². The summed E-state index contributed by atoms with van der Waals surface area (Å²) in [6.07, 6.45) is 1.80. The summed E-state index contributed by atoms with van der Waals surface area (Å²) < 4.78 is 24.8. The normalized spacial score (nSPS) is 14.0. The lowest BCUT2D eigenvalue weighted by atomic mass is 10.1. The number of nitrogens with zero attached hydrogens (tertiary/aromatic N) is 2. The van der Waals surface area contributed by atoms with Crippen LogP contribution in [0.5, 0.6) is 0 Å². The first-order chi connectivity index (χ1) is 10.3. The second-order valence-corrected chi connectivity index (χ2v) is 7.94. The van der Waals surface area contributed by atoms with E-state index in [1.807, 2.05) is 12.3 Å². The van der Waals surface area contributed by atoms with Crippen LogP contribution in [0, 0.1) is 6.92 Å². The van der Waals surface area contributed by atoms with Gasteiger partial charge >= 0.3 is 0 Å². The highest BCUT2D eigenvalue weighted by atomic mass is 32.2. The Balaban J connectivity index is 1.84. The predicted octanol–water partition coefficient (Wildman–Crippen LogP) is 2.03. The van der Waals surface area contributed by atoms with E-state index in [0.717, 1.165) is 11.3 Å². The molecule has 1 amide bonds. The molecular formula is C14H15N3O3S2. The Morgan fingerprint density at radius 3 is 2.82 bits per heavy atom. The van der Waals surface area contributed by atoms with Gasteiger partial charge in [-0.05, 0) is 37.1 Å². The van der Waals surface area contributed by atoms with Crippen LogP contribution < -0.4 is 9.62 Å². The number of sulfonamides is 1. The zero-order chi connectivity index (χ0) is 15.9. The van der Waals surface area contributed by atoms with E-state index in [9.17, 15) is 13.2 Å². The van der Waals surface area contributed by atoms with Crippen molar-refractivity contribution in [3.05, 3.63) is 40.4 Å². The van der Waals surface area contributed by atoms with Gasteiger partial charge in [-0.1, -0.05) is 0 Å². The van der Waals surface area contributed by atoms with Crippen LogP contribution >= 0.6 is 11.3 Å². The summed E-state index contributed by atoms with van der Waals surface area (Å²) in [4.78, 5) is 16.4. The molecule has 8 heteroatoms. The zero-order valence-electron chi connectivity index (χ0n) is 12.2. The Labute approximate surface area is 132 Å². The SMILES string of the molecule is Cc1csc(NC(=O)c2ccc3c(c2)CCN3S(C)(=O)=O)n1. The van der Waals surface area contributed by atoms with Crippen LogP contribution in [0.2, 0.25) is 0 Å². The zero-order valence-corrected chi connectivity index (χ0v) is 13.8. The average Bonchev–Trinajstić information content (AvgIpc) is 3.03. The van der Waals surface area contributed by atoms with E-state index in [2.05, 4.69) is 10.3 Å². The molecule has 0 fully saturated rings. The highest BCUT2D eigenvalue weighted by Crippen LogP contribution is 2.31. The molecule has 0 saturated heterocycles. The number of thiazole rings is 1. The van der Waals surface area contributed by atoms with Gasteiger partial charge in [0, 0.05) is 17.5 Å². The Hall–Kier alpha value is -1.93. The molecule has 1 aliphatic rings. The number of rotatable bonds is 3. The minimum atomic E-state index is -3.27. The molecular weight excluding hydrogens is 322 g/mol. The molecule has 1 aromatic heterocycles. The molecule has 3 rings (SSSR count). The predicted molar refractivity (Wildman–Crippen MR) is 87.1 cm³/mol. The van der Waals surface area contributed by atoms with E-state index < -0.39 is 10.0 Å². The number of carbonyl (C=O) groups is 1. The third-order valence-corrected chi connectivity index (χ3v) is 5.49. The van der Waals surface area contributed by atoms with E-state index in [4.69, 9.17) is 0 Å². The van der Waals surface area contributed by atoms with Crippen LogP contribution in [0.1, 0.15) is 21.6 Å². The molecule has 0 atom stereocenters. The van der Waals surface area contributed by atoms with Crippen LogP contribution in [0.25, 0.3) is 0 Å². The maximum atomic E-state index is 12.2. The smallest absolute Gasteiger partial charge is 0.257 e. The molecule has 0 spiro atoms. The lowest BCUT2D eigenvalue weighted by Crippen LogP contribution is -2.27. The number of hydrogen-bond acceptors (Lipinski definition) is 5. The van der Waals surface area contributed by atoms with Gasteiger partial charge in [-0.25, -0.2) is 13.4 Å². The number of aromatic nitrogens is 1. The Morgan fingerprint density at radius 2 is 2.18 bits per heavy atom. The van der Waals surface area contributed by atoms with E-state index >= 15 is 0 Å². The summed E-state index contributed by atoms with van der Waals surface area (Å²) in [7, 11) is -3.27. The van der Waals surface area contributed by atoms with Crippen molar-refractivity contribution in [2.45, 2.75) is 13.3 Å². The molecule has 2 aromatic rings. The average molecular weight is 337 g/mol. The van der Waals surface area contributed by atoms with Gasteiger partial charge in [-0.15, -0.1) is 11.3 Å². The molecule has 1 aliphatic heterocycles. The lowest BCUT2D eigenvalue weighted by molar-refractivity contribution is 0.102. The van der Waals surface area contributed by atoms with Gasteiger partial charge in [0.2, 0.25) is 10.0 Å². The maximum absolute atomic E-state index is 12.2. The van der Waals surface area contributed by atoms with Gasteiger partial charge in [0.1, 0.15) is 0 Å². The highest BCUT2D eigenvalue weighted by molar-refractivity contribution is 7.92. The van der Waals surface area contributed by atoms with E-state index in [-0.39, 0.29) is 5.91 Å². The molecule has 22 heavy (non-hydrogen) atoms. The quantitative estimate of drug-likeness (QED) is 0.929. The fourth-order valence-electron chi connectivity index (χ4n) is 2.44. The summed E-state index contributed by atoms with van der Waals surface area (Å²) in [5, 5.41) is 5.17. The minimum absolute atomic E-state index is 0.241. The second-order valence-electron chi connectivity index (χ2n) is 5.18. The summed E-state index contributed by atoms with van der Waals surface area (Å²) in [5.74, 6) is -0.241. The lowest BCUT2D eigenvalue weighted by Gasteiger charge is -2.16. The third-order valence-electron chi connectivity index (χ3n) is 3.43. The molecule has 2 heterocycles. The molecule has 0 aliphatic carbocycles. The standard InChI is InChI=1S/C14H15N3O3S2/c1-9-8-21-14(15-9)16-13(18)11-3-4-12-10(7-11)5-6-17(12)22(2,19)20/h3-4,7-8H,5-6H2,1-2H3,(H,15,16,18). The van der Waals surface area contributed by atoms with Gasteiger partial charge in [-0.3, -0.25) is 14.4 Å². The highest BCUT2D eigenvalue weighted by Gasteiger charge is 2.26. The third kappa shape index (κ3) is 2.84. The van der Waals surface area contributed by atoms with Crippen molar-refractivity contribution in [3.63, 3.8) is 0 Å². The maximum Gasteiger partial charge on any atom is 0.257 e. The Bertz CT molecular complexity index is 843. The monoisotopic (exact) mass is 337 g/mol. The molecule has 116 valence electrons. The number of aryl methyl sites for hydroxylation is 1. The van der Waals surface area contributed by atoms with Crippen LogP contribution in [-0.2, 0) is 16.4 Å². The van der Waals surface area contributed by atoms with Crippen molar-refractivity contribution in [3.8, 4) is 0 Å². The molecule has 0 saturated carbocycles. The number of nitrogens with one attached hydrogen (secondary N) is 1. The summed E-state index contributed by atoms with van der Waals surface area (Å²) in [6.45, 7) is 2.28. The number of benzene rings is 1. The van der Waals surface area contributed by atoms with Crippen LogP contribution in [0.3, 0.4) is 0 Å². The van der Waals surface area contributed by atoms with E-state index in [1.54, 1.807) is 18.2 Å². The van der Waals surface area contributed by atoms with Crippen molar-refractivity contribution < 1.29 is 13.2 Å². The number of hydrogen-bond donors (Lipinski definition) is 1. The van der Waals surface area contributed by atoms with Gasteiger partial charge < -0.3 is 0 Å². The first kappa shape index (κ1) is 15.0. The van der Waals surface area contributed by atoms with E-state index in [1.165, 1.54) is 21.9 Å². The molecule has 0 radical (unpaired) electrons. The Morgan fingerprint density at radius 1 is 1.41 bits per heavy atom. The van der Waals surface area contributed by atoms with Gasteiger partial charge in [0.15, 0.2) is 5.13 Å². The van der Waals surface area contributed by atoms with Crippen molar-refractivity contribution in [2.75, 3.05) is 22.4 Å². The topological polar surface area (TPSA) is 79.4 Å². The van der Waals surface area contributed by atoms with Gasteiger partial charge in [-0.2, -0.15) is 0 Å². The minimum Gasteiger partial charge on any atom is -0.298 e. The fourth-order valence-corrected chi connectivity index (χ4v) is 4.08. The van der Waals surface area contributed by atoms with Gasteiger partial charge in [0.25, 0.3) is 5.91 Å². The molecule has 1 aromatic carbocycles. The largest absolute Gasteiger partial charge is 0.298 e. The number of amides is 1. The number of fused-ring (bicyclic) bond motifs is 1. The Kier molecular flexibility index (Phi) is 3.65. The fraction of sp³-hybridized carbons (Fsp3) is 0.286. The van der Waals surface area contributed by atoms with Crippen LogP contribution in [-0.4, -0.2) is 32.1 Å². The van der Waals surface area contributed by atoms with E-state index in [0.29, 0.717) is 29.3 Å². The number of carbonyl (C=O) groups excluding carboxylic acids is 1. The number of anilines is 2. The summed E-state index contributed by atoms with van der Waals surface area (Å²) in [6, 6.07) is 5.07. The van der Waals surface area contributed by atoms with Crippen molar-refractivity contribution in [1.82, 2.24) is 4.98 Å². The van der Waals surface area contributed by atoms with Crippen LogP contribution in [0.4, 0.5) is 10.8 Å². The molecule has 6 nitrogen and oxygen atoms in total. The summed E-state index contributed by atoms with van der Waals surface area (Å²) >= 11 is 1.37.